The molecule has 0 N–H and O–H groups in total. The summed E-state index contributed by atoms with van der Waals surface area (Å²) < 4.78 is 5.01. The van der Waals surface area contributed by atoms with Gasteiger partial charge in [0.2, 0.25) is 11.8 Å². The summed E-state index contributed by atoms with van der Waals surface area (Å²) in [4.78, 5) is 54.7. The molecule has 0 saturated carbocycles. The number of ether oxygens (including phenoxy) is 1. The third kappa shape index (κ3) is 3.60. The molecule has 0 unspecified atom stereocenters. The molecule has 0 bridgehead atoms. The van der Waals surface area contributed by atoms with Gasteiger partial charge in [0.15, 0.2) is 18.3 Å². The van der Waals surface area contributed by atoms with Crippen molar-refractivity contribution in [3.8, 4) is 6.07 Å². The van der Waals surface area contributed by atoms with Crippen LogP contribution in [0.3, 0.4) is 0 Å². The van der Waals surface area contributed by atoms with Gasteiger partial charge < -0.3 is 4.74 Å². The van der Waals surface area contributed by atoms with Gasteiger partial charge in [0.1, 0.15) is 11.0 Å². The highest BCUT2D eigenvalue weighted by Crippen LogP contribution is 2.36. The summed E-state index contributed by atoms with van der Waals surface area (Å²) in [5.74, 6) is -4.23. The molecule has 2 amide bonds. The number of allylic oxidation sites excluding steroid dienone is 2. The number of imide groups is 1. The molecule has 28 heavy (non-hydrogen) atoms. The summed E-state index contributed by atoms with van der Waals surface area (Å²) in [6, 6.07) is 0.745. The van der Waals surface area contributed by atoms with E-state index in [1.165, 1.54) is 18.3 Å². The van der Waals surface area contributed by atoms with Crippen LogP contribution < -0.4 is 0 Å². The van der Waals surface area contributed by atoms with E-state index in [1.807, 2.05) is 18.2 Å². The molecule has 4 atom stereocenters. The highest BCUT2D eigenvalue weighted by atomic mass is 32.1. The minimum absolute atomic E-state index is 0.343. The fourth-order valence-corrected chi connectivity index (χ4v) is 4.29. The first-order valence-corrected chi connectivity index (χ1v) is 9.76. The zero-order chi connectivity index (χ0) is 20.4. The average Bonchev–Trinajstić information content (AvgIpc) is 3.22. The highest BCUT2D eigenvalue weighted by Gasteiger charge is 2.50. The number of rotatable bonds is 6. The van der Waals surface area contributed by atoms with Gasteiger partial charge in [0.05, 0.1) is 17.9 Å². The molecule has 1 aromatic heterocycles. The highest BCUT2D eigenvalue weighted by molar-refractivity contribution is 7.09. The number of hydrogen-bond donors (Lipinski definition) is 0. The predicted octanol–water partition coefficient (Wildman–Crippen LogP) is 1.51. The Morgan fingerprint density at radius 3 is 2.43 bits per heavy atom. The van der Waals surface area contributed by atoms with Gasteiger partial charge in [-0.25, -0.2) is 9.78 Å². The van der Waals surface area contributed by atoms with Crippen molar-refractivity contribution < 1.29 is 23.9 Å². The van der Waals surface area contributed by atoms with Crippen molar-refractivity contribution in [2.24, 2.45) is 11.8 Å². The van der Waals surface area contributed by atoms with E-state index < -0.39 is 42.2 Å². The van der Waals surface area contributed by atoms with Crippen molar-refractivity contribution in [1.82, 2.24) is 9.88 Å². The average molecular weight is 401 g/mol. The van der Waals surface area contributed by atoms with E-state index in [1.54, 1.807) is 12.3 Å². The molecule has 1 fully saturated rings. The zero-order valence-corrected chi connectivity index (χ0v) is 16.3. The fourth-order valence-electron chi connectivity index (χ4n) is 3.43. The molecular formula is C19H19N3O5S. The number of ketones is 1. The minimum Gasteiger partial charge on any atom is -0.456 e. The Morgan fingerprint density at radius 1 is 1.32 bits per heavy atom. The van der Waals surface area contributed by atoms with Gasteiger partial charge in [-0.3, -0.25) is 19.3 Å². The molecular weight excluding hydrogens is 382 g/mol. The van der Waals surface area contributed by atoms with E-state index >= 15 is 0 Å². The Bertz CT molecular complexity index is 874. The minimum atomic E-state index is -1.12. The van der Waals surface area contributed by atoms with Crippen molar-refractivity contribution in [2.75, 3.05) is 6.61 Å². The Morgan fingerprint density at radius 2 is 1.93 bits per heavy atom. The standard InChI is InChI=1S/C19H19N3O5S/c1-10-9-28-16(21-10)14(7-20)15(23)8-27-19(26)11(2)22-17(24)12-5-3-4-6-13(12)18(22)25/h3-4,9,11-14H,5-6,8H2,1-2H3/t11-,12-,13+,14+/m0/s1. The van der Waals surface area contributed by atoms with Crippen LogP contribution in [0.2, 0.25) is 0 Å². The summed E-state index contributed by atoms with van der Waals surface area (Å²) in [6.07, 6.45) is 4.67. The van der Waals surface area contributed by atoms with Gasteiger partial charge in [-0.15, -0.1) is 11.3 Å². The zero-order valence-electron chi connectivity index (χ0n) is 15.5. The Hall–Kier alpha value is -2.86. The summed E-state index contributed by atoms with van der Waals surface area (Å²) in [5.41, 5.74) is 0.695. The number of nitrogens with zero attached hydrogens (tertiary/aromatic N) is 3. The number of amides is 2. The second kappa shape index (κ2) is 8.02. The third-order valence-electron chi connectivity index (χ3n) is 4.96. The summed E-state index contributed by atoms with van der Waals surface area (Å²) in [6.45, 7) is 2.53. The van der Waals surface area contributed by atoms with Crippen molar-refractivity contribution in [1.29, 1.82) is 5.26 Å². The maximum atomic E-state index is 12.5. The number of hydrogen-bond acceptors (Lipinski definition) is 8. The number of nitriles is 1. The monoisotopic (exact) mass is 401 g/mol. The number of carbonyl (C=O) groups excluding carboxylic acids is 4. The van der Waals surface area contributed by atoms with Crippen LogP contribution in [0, 0.1) is 30.1 Å². The van der Waals surface area contributed by atoms with Crippen molar-refractivity contribution in [3.05, 3.63) is 28.2 Å². The van der Waals surface area contributed by atoms with Crippen molar-refractivity contribution >= 4 is 34.9 Å². The molecule has 0 aromatic carbocycles. The number of aryl methyl sites for hydroxylation is 1. The van der Waals surface area contributed by atoms with Crippen LogP contribution >= 0.6 is 11.3 Å². The first-order valence-electron chi connectivity index (χ1n) is 8.88. The lowest BCUT2D eigenvalue weighted by molar-refractivity contribution is -0.159. The SMILES string of the molecule is Cc1csc([C@H](C#N)C(=O)COC(=O)[C@H](C)N2C(=O)[C@H]3CC=CC[C@H]3C2=O)n1. The van der Waals surface area contributed by atoms with E-state index in [4.69, 9.17) is 4.74 Å². The van der Waals surface area contributed by atoms with Crippen LogP contribution in [0.1, 0.15) is 36.4 Å². The summed E-state index contributed by atoms with van der Waals surface area (Å²) in [7, 11) is 0. The molecule has 8 nitrogen and oxygen atoms in total. The normalized spacial score (nSPS) is 23.1. The van der Waals surface area contributed by atoms with Crippen LogP contribution in [-0.4, -0.2) is 46.1 Å². The van der Waals surface area contributed by atoms with E-state index in [0.717, 1.165) is 4.90 Å². The predicted molar refractivity (Wildman–Crippen MR) is 97.8 cm³/mol. The van der Waals surface area contributed by atoms with Crippen LogP contribution in [0.25, 0.3) is 0 Å². The quantitative estimate of drug-likeness (QED) is 0.403. The maximum absolute atomic E-state index is 12.5. The van der Waals surface area contributed by atoms with Crippen LogP contribution in [-0.2, 0) is 23.9 Å². The Kier molecular flexibility index (Phi) is 5.70. The maximum Gasteiger partial charge on any atom is 0.329 e. The Labute approximate surface area is 165 Å². The number of esters is 1. The molecule has 9 heteroatoms. The first-order chi connectivity index (χ1) is 13.3. The van der Waals surface area contributed by atoms with Crippen LogP contribution in [0.5, 0.6) is 0 Å². The molecule has 1 saturated heterocycles. The third-order valence-corrected chi connectivity index (χ3v) is 5.99. The lowest BCUT2D eigenvalue weighted by Gasteiger charge is -2.21. The van der Waals surface area contributed by atoms with Gasteiger partial charge in [-0.05, 0) is 26.7 Å². The van der Waals surface area contributed by atoms with Gasteiger partial charge >= 0.3 is 5.97 Å². The van der Waals surface area contributed by atoms with E-state index in [0.29, 0.717) is 23.5 Å². The molecule has 2 aliphatic rings. The molecule has 0 spiro atoms. The molecule has 1 aliphatic heterocycles. The number of Topliss-reactive ketones (excluding diaryl/α,β-unsaturated/α-hetero) is 1. The number of likely N-dealkylation sites (tertiary alicyclic amines) is 1. The number of thiazole rings is 1. The Balaban J connectivity index is 1.61. The van der Waals surface area contributed by atoms with Gasteiger partial charge in [-0.2, -0.15) is 5.26 Å². The van der Waals surface area contributed by atoms with Gasteiger partial charge in [-0.1, -0.05) is 12.2 Å². The summed E-state index contributed by atoms with van der Waals surface area (Å²) >= 11 is 1.19. The van der Waals surface area contributed by atoms with Gasteiger partial charge in [0, 0.05) is 11.1 Å². The second-order valence-electron chi connectivity index (χ2n) is 6.84. The van der Waals surface area contributed by atoms with Gasteiger partial charge in [0.25, 0.3) is 0 Å². The number of aromatic nitrogens is 1. The fraction of sp³-hybridized carbons (Fsp3) is 0.474. The van der Waals surface area contributed by atoms with E-state index in [9.17, 15) is 24.4 Å². The molecule has 2 heterocycles. The van der Waals surface area contributed by atoms with Crippen molar-refractivity contribution in [3.63, 3.8) is 0 Å². The van der Waals surface area contributed by atoms with Crippen LogP contribution in [0.4, 0.5) is 0 Å². The molecule has 0 radical (unpaired) electrons. The molecule has 1 aromatic rings. The summed E-state index contributed by atoms with van der Waals surface area (Å²) in [5, 5.41) is 11.3. The molecule has 146 valence electrons. The number of fused-ring (bicyclic) bond motifs is 1. The van der Waals surface area contributed by atoms with E-state index in [-0.39, 0.29) is 11.8 Å². The van der Waals surface area contributed by atoms with Crippen molar-refractivity contribution in [2.45, 2.75) is 38.6 Å². The molecule has 1 aliphatic carbocycles. The van der Waals surface area contributed by atoms with E-state index in [2.05, 4.69) is 4.98 Å². The topological polar surface area (TPSA) is 117 Å². The largest absolute Gasteiger partial charge is 0.456 e. The lowest BCUT2D eigenvalue weighted by Crippen LogP contribution is -2.44. The smallest absolute Gasteiger partial charge is 0.329 e. The lowest BCUT2D eigenvalue weighted by atomic mass is 9.85. The second-order valence-corrected chi connectivity index (χ2v) is 7.73. The molecule has 3 rings (SSSR count). The number of carbonyl (C=O) groups is 4. The first kappa shape index (κ1) is 19.9. The van der Waals surface area contributed by atoms with Crippen LogP contribution in [0.15, 0.2) is 17.5 Å².